The van der Waals surface area contributed by atoms with E-state index >= 15 is 0 Å². The molecule has 0 saturated carbocycles. The summed E-state index contributed by atoms with van der Waals surface area (Å²) >= 11 is 0. The Morgan fingerprint density at radius 2 is 2.17 bits per heavy atom. The van der Waals surface area contributed by atoms with E-state index in [4.69, 9.17) is 0 Å². The number of nitrogens with one attached hydrogen (secondary N) is 2. The molecule has 1 aromatic heterocycles. The quantitative estimate of drug-likeness (QED) is 0.632. The number of carbonyl (C=O) groups is 2. The summed E-state index contributed by atoms with van der Waals surface area (Å²) in [5.41, 5.74) is 1.91. The van der Waals surface area contributed by atoms with Crippen molar-refractivity contribution in [3.05, 3.63) is 48.0 Å². The normalized spacial score (nSPS) is 10.2. The van der Waals surface area contributed by atoms with Gasteiger partial charge in [0, 0.05) is 31.2 Å². The van der Waals surface area contributed by atoms with Crippen molar-refractivity contribution in [1.29, 1.82) is 0 Å². The number of rotatable bonds is 6. The van der Waals surface area contributed by atoms with Gasteiger partial charge in [-0.05, 0) is 37.1 Å². The Labute approximate surface area is 134 Å². The average molecular weight is 316 g/mol. The van der Waals surface area contributed by atoms with Crippen LogP contribution in [0.25, 0.3) is 0 Å². The Morgan fingerprint density at radius 1 is 1.35 bits per heavy atom. The standard InChI is InChI=1S/C16H20N4O3/c1-12-10-13(15(21)23-2)4-5-14(12)19-16(22)18-6-3-8-20-9-7-17-11-20/h4-5,7,9-11H,3,6,8H2,1-2H3,(H2,18,19,22). The molecule has 2 aromatic rings. The number of amides is 2. The number of urea groups is 1. The minimum atomic E-state index is -0.399. The van der Waals surface area contributed by atoms with Crippen LogP contribution in [0.15, 0.2) is 36.9 Å². The van der Waals surface area contributed by atoms with E-state index in [-0.39, 0.29) is 6.03 Å². The zero-order chi connectivity index (χ0) is 16.7. The summed E-state index contributed by atoms with van der Waals surface area (Å²) in [6.07, 6.45) is 6.16. The summed E-state index contributed by atoms with van der Waals surface area (Å²) in [4.78, 5) is 27.3. The van der Waals surface area contributed by atoms with Crippen molar-refractivity contribution in [2.75, 3.05) is 19.0 Å². The molecule has 122 valence electrons. The number of hydrogen-bond donors (Lipinski definition) is 2. The van der Waals surface area contributed by atoms with Gasteiger partial charge in [0.05, 0.1) is 19.0 Å². The van der Waals surface area contributed by atoms with Gasteiger partial charge in [0.1, 0.15) is 0 Å². The summed E-state index contributed by atoms with van der Waals surface area (Å²) in [6, 6.07) is 4.71. The number of ether oxygens (including phenoxy) is 1. The molecule has 2 N–H and O–H groups in total. The molecule has 0 spiro atoms. The van der Waals surface area contributed by atoms with Crippen LogP contribution in [0.4, 0.5) is 10.5 Å². The molecule has 0 unspecified atom stereocenters. The van der Waals surface area contributed by atoms with Gasteiger partial charge < -0.3 is 19.9 Å². The number of esters is 1. The topological polar surface area (TPSA) is 85.2 Å². The lowest BCUT2D eigenvalue weighted by molar-refractivity contribution is 0.0600. The molecule has 23 heavy (non-hydrogen) atoms. The van der Waals surface area contributed by atoms with Crippen LogP contribution in [0.2, 0.25) is 0 Å². The van der Waals surface area contributed by atoms with E-state index in [1.165, 1.54) is 7.11 Å². The number of imidazole rings is 1. The Kier molecular flexibility index (Phi) is 5.74. The van der Waals surface area contributed by atoms with Gasteiger partial charge in [-0.25, -0.2) is 14.6 Å². The first-order valence-electron chi connectivity index (χ1n) is 7.29. The van der Waals surface area contributed by atoms with Gasteiger partial charge in [0.25, 0.3) is 0 Å². The smallest absolute Gasteiger partial charge is 0.337 e. The Hall–Kier alpha value is -2.83. The van der Waals surface area contributed by atoms with E-state index in [2.05, 4.69) is 20.4 Å². The van der Waals surface area contributed by atoms with E-state index in [0.29, 0.717) is 17.8 Å². The number of methoxy groups -OCH3 is 1. The lowest BCUT2D eigenvalue weighted by Gasteiger charge is -2.11. The van der Waals surface area contributed by atoms with Crippen LogP contribution in [0.1, 0.15) is 22.3 Å². The van der Waals surface area contributed by atoms with Gasteiger partial charge in [-0.15, -0.1) is 0 Å². The zero-order valence-corrected chi connectivity index (χ0v) is 13.2. The number of aryl methyl sites for hydroxylation is 2. The number of benzene rings is 1. The molecule has 0 aliphatic carbocycles. The third-order valence-electron chi connectivity index (χ3n) is 3.33. The fourth-order valence-corrected chi connectivity index (χ4v) is 2.10. The third kappa shape index (κ3) is 4.84. The van der Waals surface area contributed by atoms with Gasteiger partial charge >= 0.3 is 12.0 Å². The SMILES string of the molecule is COC(=O)c1ccc(NC(=O)NCCCn2ccnc2)c(C)c1. The second-order valence-corrected chi connectivity index (χ2v) is 5.06. The van der Waals surface area contributed by atoms with Crippen molar-refractivity contribution in [1.82, 2.24) is 14.9 Å². The minimum Gasteiger partial charge on any atom is -0.465 e. The van der Waals surface area contributed by atoms with Crippen molar-refractivity contribution in [3.63, 3.8) is 0 Å². The Bertz CT molecular complexity index is 668. The van der Waals surface area contributed by atoms with E-state index in [1.807, 2.05) is 17.7 Å². The number of aromatic nitrogens is 2. The van der Waals surface area contributed by atoms with Gasteiger partial charge in [0.15, 0.2) is 0 Å². The van der Waals surface area contributed by atoms with E-state index in [9.17, 15) is 9.59 Å². The molecule has 0 bridgehead atoms. The van der Waals surface area contributed by atoms with Crippen LogP contribution in [-0.4, -0.2) is 35.2 Å². The molecule has 0 atom stereocenters. The van der Waals surface area contributed by atoms with Crippen molar-refractivity contribution in [2.24, 2.45) is 0 Å². The van der Waals surface area contributed by atoms with Crippen molar-refractivity contribution in [2.45, 2.75) is 19.9 Å². The first-order valence-corrected chi connectivity index (χ1v) is 7.29. The third-order valence-corrected chi connectivity index (χ3v) is 3.33. The lowest BCUT2D eigenvalue weighted by atomic mass is 10.1. The molecule has 7 heteroatoms. The fourth-order valence-electron chi connectivity index (χ4n) is 2.10. The van der Waals surface area contributed by atoms with Crippen LogP contribution in [0.3, 0.4) is 0 Å². The molecule has 0 aliphatic heterocycles. The maximum Gasteiger partial charge on any atom is 0.337 e. The van der Waals surface area contributed by atoms with Crippen LogP contribution >= 0.6 is 0 Å². The number of hydrogen-bond acceptors (Lipinski definition) is 4. The fraction of sp³-hybridized carbons (Fsp3) is 0.312. The molecule has 0 aliphatic rings. The molecule has 1 heterocycles. The van der Waals surface area contributed by atoms with E-state index < -0.39 is 5.97 Å². The zero-order valence-electron chi connectivity index (χ0n) is 13.2. The first-order chi connectivity index (χ1) is 11.1. The summed E-state index contributed by atoms with van der Waals surface area (Å²) in [7, 11) is 1.33. The number of anilines is 1. The highest BCUT2D eigenvalue weighted by atomic mass is 16.5. The lowest BCUT2D eigenvalue weighted by Crippen LogP contribution is -2.30. The highest BCUT2D eigenvalue weighted by molar-refractivity contribution is 5.93. The van der Waals surface area contributed by atoms with Gasteiger partial charge in [-0.2, -0.15) is 0 Å². The second kappa shape index (κ2) is 7.98. The molecule has 1 aromatic carbocycles. The molecule has 2 rings (SSSR count). The van der Waals surface area contributed by atoms with Crippen LogP contribution < -0.4 is 10.6 Å². The van der Waals surface area contributed by atoms with Crippen LogP contribution in [0.5, 0.6) is 0 Å². The minimum absolute atomic E-state index is 0.274. The van der Waals surface area contributed by atoms with Crippen LogP contribution in [0, 0.1) is 6.92 Å². The van der Waals surface area contributed by atoms with E-state index in [0.717, 1.165) is 18.5 Å². The molecule has 0 radical (unpaired) electrons. The van der Waals surface area contributed by atoms with Gasteiger partial charge in [-0.3, -0.25) is 0 Å². The number of carbonyl (C=O) groups excluding carboxylic acids is 2. The summed E-state index contributed by atoms with van der Waals surface area (Å²) in [5.74, 6) is -0.399. The average Bonchev–Trinajstić information content (AvgIpc) is 3.06. The molecular formula is C16H20N4O3. The van der Waals surface area contributed by atoms with Crippen molar-refractivity contribution < 1.29 is 14.3 Å². The van der Waals surface area contributed by atoms with Crippen LogP contribution in [-0.2, 0) is 11.3 Å². The van der Waals surface area contributed by atoms with Crippen molar-refractivity contribution in [3.8, 4) is 0 Å². The molecular weight excluding hydrogens is 296 g/mol. The summed E-state index contributed by atoms with van der Waals surface area (Å²) in [5, 5.41) is 5.56. The monoisotopic (exact) mass is 316 g/mol. The summed E-state index contributed by atoms with van der Waals surface area (Å²) < 4.78 is 6.62. The Morgan fingerprint density at radius 3 is 2.83 bits per heavy atom. The second-order valence-electron chi connectivity index (χ2n) is 5.06. The van der Waals surface area contributed by atoms with Gasteiger partial charge in [-0.1, -0.05) is 0 Å². The van der Waals surface area contributed by atoms with E-state index in [1.54, 1.807) is 30.7 Å². The molecule has 2 amide bonds. The Balaban J connectivity index is 1.79. The number of nitrogens with zero attached hydrogens (tertiary/aromatic N) is 2. The van der Waals surface area contributed by atoms with Gasteiger partial charge in [0.2, 0.25) is 0 Å². The summed E-state index contributed by atoms with van der Waals surface area (Å²) in [6.45, 7) is 3.18. The molecule has 7 nitrogen and oxygen atoms in total. The predicted molar refractivity (Wildman–Crippen MR) is 86.4 cm³/mol. The molecule has 0 fully saturated rings. The maximum absolute atomic E-state index is 11.9. The highest BCUT2D eigenvalue weighted by Gasteiger charge is 2.09. The highest BCUT2D eigenvalue weighted by Crippen LogP contribution is 2.17. The van der Waals surface area contributed by atoms with Crippen molar-refractivity contribution >= 4 is 17.7 Å². The predicted octanol–water partition coefficient (Wildman–Crippen LogP) is 2.19. The maximum atomic E-state index is 11.9. The first kappa shape index (κ1) is 16.5. The largest absolute Gasteiger partial charge is 0.465 e. The molecule has 0 saturated heterocycles.